The highest BCUT2D eigenvalue weighted by Gasteiger charge is 2.07. The molecule has 140 valence electrons. The summed E-state index contributed by atoms with van der Waals surface area (Å²) in [4.78, 5) is 21.9. The fourth-order valence-electron chi connectivity index (χ4n) is 2.35. The minimum Gasteiger partial charge on any atom is -0.427 e. The maximum atomic E-state index is 11.0. The quantitative estimate of drug-likeness (QED) is 0.391. The minimum atomic E-state index is -0.356. The molecule has 1 atom stereocenters. The van der Waals surface area contributed by atoms with Gasteiger partial charge in [0.1, 0.15) is 17.6 Å². The van der Waals surface area contributed by atoms with E-state index in [0.717, 1.165) is 11.1 Å². The van der Waals surface area contributed by atoms with E-state index in [1.54, 1.807) is 30.3 Å². The molecular weight excluding hydrogens is 344 g/mol. The molecule has 0 N–H and O–H groups in total. The first-order valence-electron chi connectivity index (χ1n) is 8.45. The summed E-state index contributed by atoms with van der Waals surface area (Å²) in [5.41, 5.74) is 1.88. The van der Waals surface area contributed by atoms with E-state index in [2.05, 4.69) is 6.58 Å². The van der Waals surface area contributed by atoms with Gasteiger partial charge in [0.2, 0.25) is 0 Å². The number of hydrogen-bond acceptors (Lipinski definition) is 5. The van der Waals surface area contributed by atoms with Crippen molar-refractivity contribution in [3.05, 3.63) is 78.4 Å². The highest BCUT2D eigenvalue weighted by atomic mass is 16.5. The van der Waals surface area contributed by atoms with Crippen molar-refractivity contribution in [2.45, 2.75) is 20.0 Å². The molecule has 0 amide bonds. The molecule has 0 aromatic heterocycles. The lowest BCUT2D eigenvalue weighted by atomic mass is 10.1. The Kier molecular flexibility index (Phi) is 7.52. The summed E-state index contributed by atoms with van der Waals surface area (Å²) >= 11 is 0. The summed E-state index contributed by atoms with van der Waals surface area (Å²) in [5, 5.41) is 0. The second kappa shape index (κ2) is 10.1. The Morgan fingerprint density at radius 2 is 1.44 bits per heavy atom. The third-order valence-corrected chi connectivity index (χ3v) is 3.51. The fourth-order valence-corrected chi connectivity index (χ4v) is 2.35. The van der Waals surface area contributed by atoms with Crippen LogP contribution in [-0.2, 0) is 14.3 Å². The molecule has 0 bridgehead atoms. The Labute approximate surface area is 158 Å². The molecule has 5 heteroatoms. The molecule has 0 aliphatic heterocycles. The minimum absolute atomic E-state index is 0.271. The van der Waals surface area contributed by atoms with Crippen LogP contribution in [0.25, 0.3) is 6.08 Å². The molecule has 0 saturated carbocycles. The number of ether oxygens (including phenoxy) is 3. The number of hydrogen-bond donors (Lipinski definition) is 0. The van der Waals surface area contributed by atoms with Crippen LogP contribution in [0.4, 0.5) is 0 Å². The van der Waals surface area contributed by atoms with Gasteiger partial charge in [0.05, 0.1) is 6.61 Å². The lowest BCUT2D eigenvalue weighted by Gasteiger charge is -2.13. The van der Waals surface area contributed by atoms with E-state index in [-0.39, 0.29) is 18.0 Å². The number of carbonyl (C=O) groups excluding carboxylic acids is 2. The van der Waals surface area contributed by atoms with Crippen molar-refractivity contribution in [1.29, 1.82) is 0 Å². The van der Waals surface area contributed by atoms with E-state index in [1.165, 1.54) is 13.8 Å². The van der Waals surface area contributed by atoms with Crippen LogP contribution in [0.1, 0.15) is 31.1 Å². The van der Waals surface area contributed by atoms with Crippen molar-refractivity contribution in [2.24, 2.45) is 0 Å². The van der Waals surface area contributed by atoms with E-state index >= 15 is 0 Å². The molecule has 27 heavy (non-hydrogen) atoms. The van der Waals surface area contributed by atoms with E-state index in [0.29, 0.717) is 18.1 Å². The van der Waals surface area contributed by atoms with Crippen LogP contribution < -0.4 is 9.47 Å². The van der Waals surface area contributed by atoms with Crippen LogP contribution in [0.2, 0.25) is 0 Å². The summed E-state index contributed by atoms with van der Waals surface area (Å²) in [5.74, 6) is 0.305. The number of esters is 2. The Morgan fingerprint density at radius 3 is 1.93 bits per heavy atom. The van der Waals surface area contributed by atoms with Gasteiger partial charge in [-0.1, -0.05) is 42.5 Å². The standard InChI is InChI=1S/C22H22O5/c1-4-22(19-9-13-21(14-10-19)27-17(3)24)25-15-5-6-18-7-11-20(12-8-18)26-16(2)23/h4-14,22H,1,15H2,2-3H3/b6-5+. The lowest BCUT2D eigenvalue weighted by molar-refractivity contribution is -0.132. The van der Waals surface area contributed by atoms with Gasteiger partial charge in [-0.25, -0.2) is 0 Å². The SMILES string of the molecule is C=CC(OC/C=C/c1ccc(OC(C)=O)cc1)c1ccc(OC(C)=O)cc1. The van der Waals surface area contributed by atoms with Crippen molar-refractivity contribution < 1.29 is 23.8 Å². The van der Waals surface area contributed by atoms with Gasteiger partial charge < -0.3 is 14.2 Å². The Balaban J connectivity index is 1.88. The summed E-state index contributed by atoms with van der Waals surface area (Å²) in [6.45, 7) is 6.93. The maximum Gasteiger partial charge on any atom is 0.308 e. The molecule has 1 unspecified atom stereocenters. The van der Waals surface area contributed by atoms with E-state index in [9.17, 15) is 9.59 Å². The predicted molar refractivity (Wildman–Crippen MR) is 103 cm³/mol. The maximum absolute atomic E-state index is 11.0. The number of carbonyl (C=O) groups is 2. The molecular formula is C22H22O5. The van der Waals surface area contributed by atoms with Gasteiger partial charge in [0, 0.05) is 13.8 Å². The average molecular weight is 366 g/mol. The second-order valence-corrected chi connectivity index (χ2v) is 5.72. The topological polar surface area (TPSA) is 61.8 Å². The molecule has 0 heterocycles. The van der Waals surface area contributed by atoms with Gasteiger partial charge in [0.25, 0.3) is 0 Å². The highest BCUT2D eigenvalue weighted by molar-refractivity contribution is 5.69. The Morgan fingerprint density at radius 1 is 0.926 bits per heavy atom. The molecule has 0 fully saturated rings. The monoisotopic (exact) mass is 366 g/mol. The van der Waals surface area contributed by atoms with Crippen molar-refractivity contribution in [3.63, 3.8) is 0 Å². The third-order valence-electron chi connectivity index (χ3n) is 3.51. The zero-order valence-corrected chi connectivity index (χ0v) is 15.4. The Hall–Kier alpha value is -3.18. The predicted octanol–water partition coefficient (Wildman–Crippen LogP) is 4.49. The largest absolute Gasteiger partial charge is 0.427 e. The zero-order chi connectivity index (χ0) is 19.6. The second-order valence-electron chi connectivity index (χ2n) is 5.72. The van der Waals surface area contributed by atoms with Gasteiger partial charge in [-0.15, -0.1) is 6.58 Å². The molecule has 2 aromatic rings. The van der Waals surface area contributed by atoms with Gasteiger partial charge in [-0.3, -0.25) is 9.59 Å². The van der Waals surface area contributed by atoms with Gasteiger partial charge in [-0.2, -0.15) is 0 Å². The fraction of sp³-hybridized carbons (Fsp3) is 0.182. The van der Waals surface area contributed by atoms with Crippen LogP contribution in [0, 0.1) is 0 Å². The van der Waals surface area contributed by atoms with E-state index in [1.807, 2.05) is 36.4 Å². The summed E-state index contributed by atoms with van der Waals surface area (Å²) in [6.07, 6.45) is 5.25. The third kappa shape index (κ3) is 6.92. The van der Waals surface area contributed by atoms with Crippen LogP contribution in [-0.4, -0.2) is 18.5 Å². The highest BCUT2D eigenvalue weighted by Crippen LogP contribution is 2.22. The molecule has 0 radical (unpaired) electrons. The molecule has 2 aromatic carbocycles. The summed E-state index contributed by atoms with van der Waals surface area (Å²) in [6, 6.07) is 14.3. The van der Waals surface area contributed by atoms with Crippen LogP contribution in [0.5, 0.6) is 11.5 Å². The first kappa shape index (κ1) is 20.1. The molecule has 0 aliphatic rings. The number of rotatable bonds is 8. The first-order valence-corrected chi connectivity index (χ1v) is 8.45. The van der Waals surface area contributed by atoms with Crippen LogP contribution >= 0.6 is 0 Å². The summed E-state index contributed by atoms with van der Waals surface area (Å²) in [7, 11) is 0. The summed E-state index contributed by atoms with van der Waals surface area (Å²) < 4.78 is 15.8. The van der Waals surface area contributed by atoms with Gasteiger partial charge in [0.15, 0.2) is 0 Å². The Bertz CT molecular complexity index is 804. The van der Waals surface area contributed by atoms with Crippen molar-refractivity contribution >= 4 is 18.0 Å². The molecule has 0 saturated heterocycles. The van der Waals surface area contributed by atoms with Gasteiger partial charge >= 0.3 is 11.9 Å². The number of benzene rings is 2. The smallest absolute Gasteiger partial charge is 0.308 e. The first-order chi connectivity index (χ1) is 13.0. The van der Waals surface area contributed by atoms with E-state index < -0.39 is 0 Å². The van der Waals surface area contributed by atoms with Crippen LogP contribution in [0.15, 0.2) is 67.3 Å². The van der Waals surface area contributed by atoms with Crippen molar-refractivity contribution in [1.82, 2.24) is 0 Å². The van der Waals surface area contributed by atoms with Crippen molar-refractivity contribution in [3.8, 4) is 11.5 Å². The van der Waals surface area contributed by atoms with Crippen molar-refractivity contribution in [2.75, 3.05) is 6.61 Å². The molecule has 5 nitrogen and oxygen atoms in total. The molecule has 0 aliphatic carbocycles. The molecule has 2 rings (SSSR count). The average Bonchev–Trinajstić information content (AvgIpc) is 2.63. The normalized spacial score (nSPS) is 11.8. The van der Waals surface area contributed by atoms with E-state index in [4.69, 9.17) is 14.2 Å². The zero-order valence-electron chi connectivity index (χ0n) is 15.4. The van der Waals surface area contributed by atoms with Crippen LogP contribution in [0.3, 0.4) is 0 Å². The molecule has 0 spiro atoms. The lowest BCUT2D eigenvalue weighted by Crippen LogP contribution is -2.03. The van der Waals surface area contributed by atoms with Gasteiger partial charge in [-0.05, 0) is 35.4 Å².